The average molecular weight is 363 g/mol. The number of hydrazone groups is 1. The fourth-order valence-electron chi connectivity index (χ4n) is 2.35. The molecular formula is C16H21N5O3S. The number of hydrogen-bond acceptors (Lipinski definition) is 5. The summed E-state index contributed by atoms with van der Waals surface area (Å²) in [6, 6.07) is 10.1. The number of benzene rings is 2. The number of fused-ring (bicyclic) bond motifs is 1. The van der Waals surface area contributed by atoms with Gasteiger partial charge in [-0.2, -0.15) is 18.4 Å². The van der Waals surface area contributed by atoms with Crippen LogP contribution in [-0.4, -0.2) is 53.9 Å². The van der Waals surface area contributed by atoms with Crippen molar-refractivity contribution >= 4 is 38.9 Å². The van der Waals surface area contributed by atoms with Gasteiger partial charge < -0.3 is 10.2 Å². The predicted molar refractivity (Wildman–Crippen MR) is 99.3 cm³/mol. The van der Waals surface area contributed by atoms with Crippen LogP contribution in [0.3, 0.4) is 0 Å². The summed E-state index contributed by atoms with van der Waals surface area (Å²) in [5, 5.41) is 7.46. The first kappa shape index (κ1) is 18.5. The van der Waals surface area contributed by atoms with E-state index in [1.54, 1.807) is 18.2 Å². The van der Waals surface area contributed by atoms with Gasteiger partial charge in [-0.25, -0.2) is 4.79 Å². The highest BCUT2D eigenvalue weighted by atomic mass is 32.2. The second-order valence-electron chi connectivity index (χ2n) is 5.53. The molecule has 134 valence electrons. The average Bonchev–Trinajstić information content (AvgIpc) is 2.59. The van der Waals surface area contributed by atoms with Gasteiger partial charge in [-0.1, -0.05) is 24.3 Å². The summed E-state index contributed by atoms with van der Waals surface area (Å²) in [6.45, 7) is 0. The molecule has 2 aromatic rings. The van der Waals surface area contributed by atoms with E-state index in [1.807, 2.05) is 31.1 Å². The lowest BCUT2D eigenvalue weighted by atomic mass is 10.1. The molecular weight excluding hydrogens is 342 g/mol. The molecule has 25 heavy (non-hydrogen) atoms. The first-order valence-electron chi connectivity index (χ1n) is 7.46. The van der Waals surface area contributed by atoms with Gasteiger partial charge in [-0.05, 0) is 12.1 Å². The van der Waals surface area contributed by atoms with Crippen LogP contribution in [0.15, 0.2) is 46.4 Å². The number of nitrogens with one attached hydrogen (secondary N) is 2. The van der Waals surface area contributed by atoms with E-state index in [4.69, 9.17) is 0 Å². The highest BCUT2D eigenvalue weighted by Crippen LogP contribution is 2.29. The predicted octanol–water partition coefficient (Wildman–Crippen LogP) is 1.40. The molecule has 2 N–H and O–H groups in total. The molecule has 0 saturated heterocycles. The molecule has 0 radical (unpaired) electrons. The molecule has 0 aliphatic carbocycles. The smallest absolute Gasteiger partial charge is 0.322 e. The van der Waals surface area contributed by atoms with Crippen molar-refractivity contribution in [3.05, 3.63) is 36.4 Å². The summed E-state index contributed by atoms with van der Waals surface area (Å²) in [5.41, 5.74) is 0.914. The maximum Gasteiger partial charge on any atom is 0.322 e. The summed E-state index contributed by atoms with van der Waals surface area (Å²) in [4.78, 5) is 16.6. The lowest BCUT2D eigenvalue weighted by Crippen LogP contribution is -2.34. The number of urea groups is 1. The molecule has 0 aliphatic rings. The van der Waals surface area contributed by atoms with Crippen LogP contribution < -0.4 is 15.0 Å². The van der Waals surface area contributed by atoms with E-state index < -0.39 is 16.1 Å². The van der Waals surface area contributed by atoms with E-state index >= 15 is 0 Å². The fraction of sp³-hybridized carbons (Fsp3) is 0.250. The van der Waals surface area contributed by atoms with Crippen molar-refractivity contribution in [1.29, 1.82) is 0 Å². The first-order chi connectivity index (χ1) is 11.8. The molecule has 0 saturated carbocycles. The Hall–Kier alpha value is -2.81. The number of carbonyl (C=O) groups is 1. The number of rotatable bonds is 5. The van der Waals surface area contributed by atoms with E-state index in [0.717, 1.165) is 22.3 Å². The number of hydrogen-bond donors (Lipinski definition) is 2. The molecule has 0 spiro atoms. The highest BCUT2D eigenvalue weighted by molar-refractivity contribution is 7.89. The minimum Gasteiger partial charge on any atom is -0.377 e. The Morgan fingerprint density at radius 3 is 2.36 bits per heavy atom. The molecule has 8 nitrogen and oxygen atoms in total. The molecule has 0 atom stereocenters. The van der Waals surface area contributed by atoms with E-state index in [0.29, 0.717) is 5.39 Å². The number of amides is 2. The molecule has 0 aromatic heterocycles. The molecule has 0 heterocycles. The zero-order chi connectivity index (χ0) is 18.6. The maximum absolute atomic E-state index is 12.6. The van der Waals surface area contributed by atoms with Crippen LogP contribution in [0, 0.1) is 0 Å². The summed E-state index contributed by atoms with van der Waals surface area (Å²) < 4.78 is 25.2. The van der Waals surface area contributed by atoms with Crippen molar-refractivity contribution in [1.82, 2.24) is 15.0 Å². The second-order valence-corrected chi connectivity index (χ2v) is 7.16. The van der Waals surface area contributed by atoms with Crippen molar-refractivity contribution in [3.63, 3.8) is 0 Å². The topological polar surface area (TPSA) is 94.1 Å². The third kappa shape index (κ3) is 4.00. The largest absolute Gasteiger partial charge is 0.377 e. The minimum absolute atomic E-state index is 0.119. The van der Waals surface area contributed by atoms with Crippen LogP contribution in [0.1, 0.15) is 0 Å². The quantitative estimate of drug-likeness (QED) is 0.477. The Balaban J connectivity index is 2.39. The van der Waals surface area contributed by atoms with Gasteiger partial charge in [0.25, 0.3) is 10.0 Å². The van der Waals surface area contributed by atoms with Crippen LogP contribution in [-0.2, 0) is 10.0 Å². The Morgan fingerprint density at radius 2 is 1.72 bits per heavy atom. The van der Waals surface area contributed by atoms with Gasteiger partial charge in [-0.15, -0.1) is 0 Å². The molecule has 2 rings (SSSR count). The first-order valence-corrected chi connectivity index (χ1v) is 8.95. The number of nitrogens with zero attached hydrogens (tertiary/aromatic N) is 3. The van der Waals surface area contributed by atoms with E-state index in [1.165, 1.54) is 20.2 Å². The standard InChI is InChI=1S/C16H21N5O3S/c1-17-16(22)21(4)11-18-19-25(23,24)15-10-6-7-12-13(15)8-5-9-14(12)20(2)3/h5-11,19H,1-4H3,(H,17,22)/b18-11+. The van der Waals surface area contributed by atoms with E-state index in [2.05, 4.69) is 15.2 Å². The lowest BCUT2D eigenvalue weighted by Gasteiger charge is -2.16. The van der Waals surface area contributed by atoms with Gasteiger partial charge in [0, 0.05) is 44.7 Å². The Kier molecular flexibility index (Phi) is 5.48. The summed E-state index contributed by atoms with van der Waals surface area (Å²) in [6.07, 6.45) is 1.09. The molecule has 0 aliphatic heterocycles. The monoisotopic (exact) mass is 363 g/mol. The van der Waals surface area contributed by atoms with E-state index in [-0.39, 0.29) is 4.90 Å². The molecule has 0 unspecified atom stereocenters. The SMILES string of the molecule is CNC(=O)N(C)/C=N/NS(=O)(=O)c1cccc2c(N(C)C)cccc12. The molecule has 2 amide bonds. The molecule has 9 heteroatoms. The van der Waals surface area contributed by atoms with Crippen molar-refractivity contribution in [2.24, 2.45) is 5.10 Å². The summed E-state index contributed by atoms with van der Waals surface area (Å²) in [7, 11) is 2.83. The Labute approximate surface area is 147 Å². The minimum atomic E-state index is -3.88. The molecule has 2 aromatic carbocycles. The van der Waals surface area contributed by atoms with Crippen molar-refractivity contribution in [2.45, 2.75) is 4.90 Å². The maximum atomic E-state index is 12.6. The molecule has 0 fully saturated rings. The van der Waals surface area contributed by atoms with Crippen molar-refractivity contribution in [2.75, 3.05) is 33.1 Å². The van der Waals surface area contributed by atoms with Gasteiger partial charge in [-0.3, -0.25) is 4.90 Å². The molecule has 0 bridgehead atoms. The third-order valence-corrected chi connectivity index (χ3v) is 4.85. The number of anilines is 1. The van der Waals surface area contributed by atoms with Crippen molar-refractivity contribution in [3.8, 4) is 0 Å². The Bertz CT molecular complexity index is 909. The zero-order valence-corrected chi connectivity index (χ0v) is 15.3. The van der Waals surface area contributed by atoms with Gasteiger partial charge in [0.2, 0.25) is 0 Å². The van der Waals surface area contributed by atoms with Crippen molar-refractivity contribution < 1.29 is 13.2 Å². The Morgan fingerprint density at radius 1 is 1.08 bits per heavy atom. The lowest BCUT2D eigenvalue weighted by molar-refractivity contribution is 0.229. The summed E-state index contributed by atoms with van der Waals surface area (Å²) >= 11 is 0. The van der Waals surface area contributed by atoms with Crippen LogP contribution in [0.4, 0.5) is 10.5 Å². The fourth-order valence-corrected chi connectivity index (χ4v) is 3.36. The van der Waals surface area contributed by atoms with Crippen LogP contribution in [0.2, 0.25) is 0 Å². The van der Waals surface area contributed by atoms with Crippen LogP contribution >= 0.6 is 0 Å². The highest BCUT2D eigenvalue weighted by Gasteiger charge is 2.18. The van der Waals surface area contributed by atoms with Gasteiger partial charge in [0.15, 0.2) is 0 Å². The van der Waals surface area contributed by atoms with Gasteiger partial charge in [0.1, 0.15) is 6.34 Å². The van der Waals surface area contributed by atoms with E-state index in [9.17, 15) is 13.2 Å². The normalized spacial score (nSPS) is 11.5. The summed E-state index contributed by atoms with van der Waals surface area (Å²) in [5.74, 6) is 0. The van der Waals surface area contributed by atoms with Crippen LogP contribution in [0.25, 0.3) is 10.8 Å². The van der Waals surface area contributed by atoms with Gasteiger partial charge >= 0.3 is 6.03 Å². The van der Waals surface area contributed by atoms with Gasteiger partial charge in [0.05, 0.1) is 4.90 Å². The second kappa shape index (κ2) is 7.39. The number of sulfonamides is 1. The van der Waals surface area contributed by atoms with Crippen LogP contribution in [0.5, 0.6) is 0 Å². The third-order valence-electron chi connectivity index (χ3n) is 3.57. The zero-order valence-electron chi connectivity index (χ0n) is 14.5. The number of carbonyl (C=O) groups excluding carboxylic acids is 1.